The Bertz CT molecular complexity index is 1000. The molecule has 2 heterocycles. The molecule has 0 spiro atoms. The molecule has 146 valence electrons. The quantitative estimate of drug-likeness (QED) is 0.634. The van der Waals surface area contributed by atoms with Crippen molar-refractivity contribution in [3.8, 4) is 5.75 Å². The lowest BCUT2D eigenvalue weighted by atomic mass is 10.0. The molecule has 0 unspecified atom stereocenters. The third kappa shape index (κ3) is 3.90. The summed E-state index contributed by atoms with van der Waals surface area (Å²) in [7, 11) is 1.69. The fraction of sp³-hybridized carbons (Fsp3) is 0.348. The number of methoxy groups -OCH3 is 1. The van der Waals surface area contributed by atoms with Crippen LogP contribution in [-0.2, 0) is 13.0 Å². The number of benzene rings is 2. The number of anilines is 1. The second-order valence-corrected chi connectivity index (χ2v) is 7.24. The van der Waals surface area contributed by atoms with Gasteiger partial charge in [0.2, 0.25) is 0 Å². The number of aryl methyl sites for hydroxylation is 1. The van der Waals surface area contributed by atoms with Crippen molar-refractivity contribution in [3.05, 3.63) is 70.1 Å². The van der Waals surface area contributed by atoms with Crippen molar-refractivity contribution < 1.29 is 9.15 Å². The molecule has 5 nitrogen and oxygen atoms in total. The van der Waals surface area contributed by atoms with Gasteiger partial charge < -0.3 is 14.1 Å². The summed E-state index contributed by atoms with van der Waals surface area (Å²) in [5.41, 5.74) is 3.94. The summed E-state index contributed by atoms with van der Waals surface area (Å²) in [4.78, 5) is 16.8. The van der Waals surface area contributed by atoms with Gasteiger partial charge in [0, 0.05) is 49.9 Å². The van der Waals surface area contributed by atoms with Crippen molar-refractivity contribution in [2.75, 3.05) is 38.2 Å². The van der Waals surface area contributed by atoms with Crippen LogP contribution >= 0.6 is 0 Å². The van der Waals surface area contributed by atoms with Gasteiger partial charge in [-0.15, -0.1) is 0 Å². The Morgan fingerprint density at radius 3 is 2.43 bits per heavy atom. The van der Waals surface area contributed by atoms with Gasteiger partial charge in [-0.3, -0.25) is 4.90 Å². The van der Waals surface area contributed by atoms with E-state index in [2.05, 4.69) is 34.9 Å². The molecular weight excluding hydrogens is 352 g/mol. The Morgan fingerprint density at radius 1 is 1.00 bits per heavy atom. The molecule has 0 radical (unpaired) electrons. The zero-order valence-corrected chi connectivity index (χ0v) is 16.5. The van der Waals surface area contributed by atoms with Crippen molar-refractivity contribution in [1.29, 1.82) is 0 Å². The number of piperazine rings is 1. The molecule has 1 aliphatic heterocycles. The maximum atomic E-state index is 12.0. The number of ether oxygens (including phenoxy) is 1. The molecule has 0 bridgehead atoms. The second kappa shape index (κ2) is 8.07. The molecule has 0 saturated carbocycles. The molecule has 1 aliphatic rings. The lowest BCUT2D eigenvalue weighted by Crippen LogP contribution is -2.46. The molecule has 0 N–H and O–H groups in total. The first kappa shape index (κ1) is 18.6. The first-order valence-corrected chi connectivity index (χ1v) is 9.83. The SMILES string of the molecule is CCc1ccc2oc(=O)cc(CN3CCN(c4ccc(OC)cc4)CC3)c2c1. The zero-order chi connectivity index (χ0) is 19.5. The van der Waals surface area contributed by atoms with E-state index in [4.69, 9.17) is 9.15 Å². The first-order chi connectivity index (χ1) is 13.7. The predicted molar refractivity (Wildman–Crippen MR) is 112 cm³/mol. The third-order valence-electron chi connectivity index (χ3n) is 5.50. The van der Waals surface area contributed by atoms with Crippen LogP contribution in [0.25, 0.3) is 11.0 Å². The van der Waals surface area contributed by atoms with Crippen LogP contribution in [0.5, 0.6) is 5.75 Å². The smallest absolute Gasteiger partial charge is 0.336 e. The van der Waals surface area contributed by atoms with Gasteiger partial charge in [-0.05, 0) is 53.9 Å². The average Bonchev–Trinajstić information content (AvgIpc) is 2.74. The Hall–Kier alpha value is -2.79. The van der Waals surface area contributed by atoms with E-state index in [-0.39, 0.29) is 5.63 Å². The molecule has 3 aromatic rings. The minimum atomic E-state index is -0.274. The molecular formula is C23H26N2O3. The van der Waals surface area contributed by atoms with Crippen LogP contribution in [-0.4, -0.2) is 38.2 Å². The third-order valence-corrected chi connectivity index (χ3v) is 5.50. The van der Waals surface area contributed by atoms with Gasteiger partial charge in [-0.25, -0.2) is 4.79 Å². The molecule has 0 aliphatic carbocycles. The Balaban J connectivity index is 1.48. The highest BCUT2D eigenvalue weighted by Gasteiger charge is 2.19. The summed E-state index contributed by atoms with van der Waals surface area (Å²) in [6.45, 7) is 6.75. The predicted octanol–water partition coefficient (Wildman–Crippen LogP) is 3.69. The molecule has 5 heteroatoms. The van der Waals surface area contributed by atoms with Crippen molar-refractivity contribution >= 4 is 16.7 Å². The molecule has 0 amide bonds. The van der Waals surface area contributed by atoms with Gasteiger partial charge in [0.05, 0.1) is 7.11 Å². The van der Waals surface area contributed by atoms with Gasteiger partial charge in [0.15, 0.2) is 0 Å². The lowest BCUT2D eigenvalue weighted by molar-refractivity contribution is 0.250. The van der Waals surface area contributed by atoms with Crippen molar-refractivity contribution in [1.82, 2.24) is 4.90 Å². The number of hydrogen-bond donors (Lipinski definition) is 0. The van der Waals surface area contributed by atoms with Gasteiger partial charge in [0.1, 0.15) is 11.3 Å². The van der Waals surface area contributed by atoms with E-state index < -0.39 is 0 Å². The summed E-state index contributed by atoms with van der Waals surface area (Å²) in [6, 6.07) is 16.0. The number of fused-ring (bicyclic) bond motifs is 1. The monoisotopic (exact) mass is 378 g/mol. The summed E-state index contributed by atoms with van der Waals surface area (Å²) in [5, 5.41) is 1.05. The summed E-state index contributed by atoms with van der Waals surface area (Å²) in [6.07, 6.45) is 0.967. The van der Waals surface area contributed by atoms with E-state index in [1.807, 2.05) is 24.3 Å². The van der Waals surface area contributed by atoms with E-state index in [1.54, 1.807) is 13.2 Å². The maximum Gasteiger partial charge on any atom is 0.336 e. The van der Waals surface area contributed by atoms with Crippen LogP contribution in [0.1, 0.15) is 18.1 Å². The van der Waals surface area contributed by atoms with E-state index in [1.165, 1.54) is 11.3 Å². The van der Waals surface area contributed by atoms with Crippen LogP contribution in [0.2, 0.25) is 0 Å². The highest BCUT2D eigenvalue weighted by atomic mass is 16.5. The maximum absolute atomic E-state index is 12.0. The molecule has 4 rings (SSSR count). The number of rotatable bonds is 5. The van der Waals surface area contributed by atoms with Gasteiger partial charge in [0.25, 0.3) is 0 Å². The molecule has 1 fully saturated rings. The zero-order valence-electron chi connectivity index (χ0n) is 16.5. The standard InChI is InChI=1S/C23H26N2O3/c1-3-17-4-9-22-21(14-17)18(15-23(26)28-22)16-24-10-12-25(13-11-24)19-5-7-20(27-2)8-6-19/h4-9,14-15H,3,10-13,16H2,1-2H3. The Kier molecular flexibility index (Phi) is 5.35. The topological polar surface area (TPSA) is 45.9 Å². The van der Waals surface area contributed by atoms with Crippen molar-refractivity contribution in [2.45, 2.75) is 19.9 Å². The van der Waals surface area contributed by atoms with E-state index in [0.29, 0.717) is 5.58 Å². The van der Waals surface area contributed by atoms with Gasteiger partial charge >= 0.3 is 5.63 Å². The van der Waals surface area contributed by atoms with Crippen LogP contribution < -0.4 is 15.3 Å². The minimum Gasteiger partial charge on any atom is -0.497 e. The normalized spacial score (nSPS) is 15.1. The fourth-order valence-electron chi connectivity index (χ4n) is 3.82. The van der Waals surface area contributed by atoms with E-state index >= 15 is 0 Å². The van der Waals surface area contributed by atoms with Crippen LogP contribution in [0.4, 0.5) is 5.69 Å². The highest BCUT2D eigenvalue weighted by molar-refractivity contribution is 5.81. The Labute approximate surface area is 165 Å². The summed E-state index contributed by atoms with van der Waals surface area (Å²) >= 11 is 0. The molecule has 0 atom stereocenters. The van der Waals surface area contributed by atoms with Gasteiger partial charge in [-0.2, -0.15) is 0 Å². The van der Waals surface area contributed by atoms with Crippen molar-refractivity contribution in [2.24, 2.45) is 0 Å². The highest BCUT2D eigenvalue weighted by Crippen LogP contribution is 2.23. The molecule has 1 saturated heterocycles. The fourth-order valence-corrected chi connectivity index (χ4v) is 3.82. The molecule has 1 aromatic heterocycles. The molecule has 28 heavy (non-hydrogen) atoms. The minimum absolute atomic E-state index is 0.274. The van der Waals surface area contributed by atoms with E-state index in [9.17, 15) is 4.79 Å². The Morgan fingerprint density at radius 2 is 1.75 bits per heavy atom. The van der Waals surface area contributed by atoms with Gasteiger partial charge in [-0.1, -0.05) is 13.0 Å². The summed E-state index contributed by atoms with van der Waals surface area (Å²) < 4.78 is 10.6. The average molecular weight is 378 g/mol. The lowest BCUT2D eigenvalue weighted by Gasteiger charge is -2.36. The first-order valence-electron chi connectivity index (χ1n) is 9.83. The van der Waals surface area contributed by atoms with Crippen LogP contribution in [0.3, 0.4) is 0 Å². The van der Waals surface area contributed by atoms with Crippen LogP contribution in [0.15, 0.2) is 57.7 Å². The van der Waals surface area contributed by atoms with E-state index in [0.717, 1.165) is 55.8 Å². The van der Waals surface area contributed by atoms with Crippen LogP contribution in [0, 0.1) is 0 Å². The second-order valence-electron chi connectivity index (χ2n) is 7.24. The molecule has 2 aromatic carbocycles. The summed E-state index contributed by atoms with van der Waals surface area (Å²) in [5.74, 6) is 0.878. The number of nitrogens with zero attached hydrogens (tertiary/aromatic N) is 2. The van der Waals surface area contributed by atoms with Crippen molar-refractivity contribution in [3.63, 3.8) is 0 Å². The number of hydrogen-bond acceptors (Lipinski definition) is 5. The largest absolute Gasteiger partial charge is 0.497 e.